The highest BCUT2D eigenvalue weighted by Gasteiger charge is 2.46. The monoisotopic (exact) mass is 492 g/mol. The number of nitrogens with one attached hydrogen (secondary N) is 1. The van der Waals surface area contributed by atoms with Crippen LogP contribution in [-0.4, -0.2) is 62.6 Å². The van der Waals surface area contributed by atoms with Crippen molar-refractivity contribution in [3.05, 3.63) is 65.2 Å². The molecule has 5 heterocycles. The van der Waals surface area contributed by atoms with Crippen molar-refractivity contribution < 1.29 is 14.3 Å². The van der Waals surface area contributed by atoms with Crippen LogP contribution in [0.25, 0.3) is 28.0 Å². The Kier molecular flexibility index (Phi) is 5.37. The minimum absolute atomic E-state index is 0.165. The van der Waals surface area contributed by atoms with Gasteiger partial charge >= 0.3 is 0 Å². The van der Waals surface area contributed by atoms with Crippen LogP contribution in [0.1, 0.15) is 16.1 Å². The summed E-state index contributed by atoms with van der Waals surface area (Å²) in [6.45, 7) is 2.79. The van der Waals surface area contributed by atoms with Gasteiger partial charge in [0.2, 0.25) is 0 Å². The molecule has 6 rings (SSSR count). The zero-order chi connectivity index (χ0) is 24.3. The molecule has 0 bridgehead atoms. The first-order chi connectivity index (χ1) is 16.9. The molecule has 2 aliphatic rings. The predicted molar refractivity (Wildman–Crippen MR) is 131 cm³/mol. The fourth-order valence-electron chi connectivity index (χ4n) is 5.02. The quantitative estimate of drug-likeness (QED) is 0.453. The standard InChI is InChI=1S/C25H25ClN6O3/c1-13-17(10-31(2)30-13)15-5-3-4-6-16(15)21-24(26)32-8-7-14(9-20(32)29-21)25(33)28-19-12-35-22-18(27)11-34-23(19)22/h3-10,18-19,22-23H,11-12,27H2,1-2H3,(H,28,33)/t18-,19-,22+,23+/m0/s1. The van der Waals surface area contributed by atoms with E-state index in [0.717, 1.165) is 22.4 Å². The summed E-state index contributed by atoms with van der Waals surface area (Å²) in [4.78, 5) is 17.8. The Labute approximate surface area is 206 Å². The normalized spacial score (nSPS) is 23.7. The minimum atomic E-state index is -0.245. The maximum atomic E-state index is 13.0. The summed E-state index contributed by atoms with van der Waals surface area (Å²) in [5.74, 6) is -0.224. The van der Waals surface area contributed by atoms with Gasteiger partial charge in [0.1, 0.15) is 28.7 Å². The number of hydrogen-bond donors (Lipinski definition) is 2. The van der Waals surface area contributed by atoms with Gasteiger partial charge in [-0.15, -0.1) is 0 Å². The van der Waals surface area contributed by atoms with E-state index in [2.05, 4.69) is 10.4 Å². The molecule has 1 amide bonds. The first kappa shape index (κ1) is 22.2. The van der Waals surface area contributed by atoms with Crippen molar-refractivity contribution in [2.45, 2.75) is 31.2 Å². The lowest BCUT2D eigenvalue weighted by Crippen LogP contribution is -2.44. The van der Waals surface area contributed by atoms with E-state index < -0.39 is 0 Å². The van der Waals surface area contributed by atoms with Crippen molar-refractivity contribution in [2.24, 2.45) is 12.8 Å². The molecular formula is C25H25ClN6O3. The Morgan fingerprint density at radius 2 is 1.91 bits per heavy atom. The van der Waals surface area contributed by atoms with Crippen molar-refractivity contribution in [2.75, 3.05) is 13.2 Å². The summed E-state index contributed by atoms with van der Waals surface area (Å²) in [7, 11) is 1.90. The van der Waals surface area contributed by atoms with E-state index in [1.807, 2.05) is 44.4 Å². The summed E-state index contributed by atoms with van der Waals surface area (Å²) in [6.07, 6.45) is 3.34. The molecule has 9 nitrogen and oxygen atoms in total. The number of aryl methyl sites for hydroxylation is 2. The van der Waals surface area contributed by atoms with Crippen LogP contribution in [0.4, 0.5) is 0 Å². The van der Waals surface area contributed by atoms with Crippen LogP contribution in [0.5, 0.6) is 0 Å². The van der Waals surface area contributed by atoms with Crippen molar-refractivity contribution >= 4 is 23.2 Å². The molecule has 2 saturated heterocycles. The number of pyridine rings is 1. The predicted octanol–water partition coefficient (Wildman–Crippen LogP) is 2.59. The number of carbonyl (C=O) groups is 1. The second-order valence-corrected chi connectivity index (χ2v) is 9.44. The van der Waals surface area contributed by atoms with E-state index in [0.29, 0.717) is 35.3 Å². The summed E-state index contributed by atoms with van der Waals surface area (Å²) in [5.41, 5.74) is 11.5. The lowest BCUT2D eigenvalue weighted by atomic mass is 9.99. The number of hydrogen-bond acceptors (Lipinski definition) is 6. The molecule has 0 radical (unpaired) electrons. The third-order valence-electron chi connectivity index (χ3n) is 6.72. The highest BCUT2D eigenvalue weighted by atomic mass is 35.5. The van der Waals surface area contributed by atoms with Gasteiger partial charge in [0, 0.05) is 36.1 Å². The number of rotatable bonds is 4. The zero-order valence-corrected chi connectivity index (χ0v) is 20.1. The molecule has 0 unspecified atom stereocenters. The van der Waals surface area contributed by atoms with Crippen LogP contribution < -0.4 is 11.1 Å². The molecule has 3 aromatic heterocycles. The highest BCUT2D eigenvalue weighted by Crippen LogP contribution is 2.37. The Morgan fingerprint density at radius 3 is 2.69 bits per heavy atom. The number of benzene rings is 1. The smallest absolute Gasteiger partial charge is 0.251 e. The molecule has 2 fully saturated rings. The van der Waals surface area contributed by atoms with E-state index in [4.69, 9.17) is 31.8 Å². The third kappa shape index (κ3) is 3.71. The highest BCUT2D eigenvalue weighted by molar-refractivity contribution is 6.32. The summed E-state index contributed by atoms with van der Waals surface area (Å²) in [5, 5.41) is 7.97. The maximum absolute atomic E-state index is 13.0. The molecule has 0 saturated carbocycles. The minimum Gasteiger partial charge on any atom is -0.371 e. The average molecular weight is 493 g/mol. The summed E-state index contributed by atoms with van der Waals surface area (Å²) < 4.78 is 15.0. The van der Waals surface area contributed by atoms with Crippen LogP contribution in [-0.2, 0) is 16.5 Å². The topological polar surface area (TPSA) is 109 Å². The second-order valence-electron chi connectivity index (χ2n) is 9.08. The molecule has 180 valence electrons. The van der Waals surface area contributed by atoms with Gasteiger partial charge in [0.15, 0.2) is 0 Å². The Morgan fingerprint density at radius 1 is 1.14 bits per heavy atom. The molecule has 35 heavy (non-hydrogen) atoms. The molecule has 10 heteroatoms. The maximum Gasteiger partial charge on any atom is 0.251 e. The van der Waals surface area contributed by atoms with Gasteiger partial charge in [-0.2, -0.15) is 5.10 Å². The number of aromatic nitrogens is 4. The molecule has 0 spiro atoms. The number of amides is 1. The summed E-state index contributed by atoms with van der Waals surface area (Å²) >= 11 is 6.77. The molecular weight excluding hydrogens is 468 g/mol. The van der Waals surface area contributed by atoms with E-state index in [1.165, 1.54) is 0 Å². The van der Waals surface area contributed by atoms with Crippen LogP contribution in [0.3, 0.4) is 0 Å². The van der Waals surface area contributed by atoms with Gasteiger partial charge in [-0.25, -0.2) is 4.98 Å². The molecule has 3 N–H and O–H groups in total. The molecule has 4 atom stereocenters. The number of imidazole rings is 1. The SMILES string of the molecule is Cc1nn(C)cc1-c1ccccc1-c1nc2cc(C(=O)N[C@H]3CO[C@H]4[C@@H]3OC[C@@H]4N)ccn2c1Cl. The van der Waals surface area contributed by atoms with Gasteiger partial charge in [0.25, 0.3) is 5.91 Å². The number of halogens is 1. The number of fused-ring (bicyclic) bond motifs is 2. The Bertz CT molecular complexity index is 1450. The largest absolute Gasteiger partial charge is 0.371 e. The van der Waals surface area contributed by atoms with Crippen molar-refractivity contribution in [3.63, 3.8) is 0 Å². The number of nitrogens with two attached hydrogens (primary N) is 1. The van der Waals surface area contributed by atoms with Crippen molar-refractivity contribution in [3.8, 4) is 22.4 Å². The molecule has 0 aliphatic carbocycles. The van der Waals surface area contributed by atoms with Crippen LogP contribution in [0.2, 0.25) is 5.15 Å². The number of carbonyl (C=O) groups excluding carboxylic acids is 1. The van der Waals surface area contributed by atoms with Crippen LogP contribution in [0, 0.1) is 6.92 Å². The molecule has 4 aromatic rings. The van der Waals surface area contributed by atoms with Crippen LogP contribution >= 0.6 is 11.6 Å². The Hall–Kier alpha value is -3.24. The van der Waals surface area contributed by atoms with Crippen molar-refractivity contribution in [1.82, 2.24) is 24.5 Å². The Balaban J connectivity index is 1.32. The van der Waals surface area contributed by atoms with E-state index in [9.17, 15) is 4.79 Å². The fraction of sp³-hybridized carbons (Fsp3) is 0.320. The lowest BCUT2D eigenvalue weighted by molar-refractivity contribution is 0.0649. The second kappa shape index (κ2) is 8.46. The summed E-state index contributed by atoms with van der Waals surface area (Å²) in [6, 6.07) is 11.0. The van der Waals surface area contributed by atoms with E-state index in [-0.39, 0.29) is 30.2 Å². The van der Waals surface area contributed by atoms with Gasteiger partial charge in [0.05, 0.1) is 31.0 Å². The average Bonchev–Trinajstić information content (AvgIpc) is 3.59. The number of ether oxygens (including phenoxy) is 2. The van der Waals surface area contributed by atoms with Crippen molar-refractivity contribution in [1.29, 1.82) is 0 Å². The lowest BCUT2D eigenvalue weighted by Gasteiger charge is -2.17. The van der Waals surface area contributed by atoms with Gasteiger partial charge in [-0.05, 0) is 24.6 Å². The van der Waals surface area contributed by atoms with Crippen LogP contribution in [0.15, 0.2) is 48.8 Å². The number of nitrogens with zero attached hydrogens (tertiary/aromatic N) is 4. The van der Waals surface area contributed by atoms with Gasteiger partial charge in [-0.1, -0.05) is 35.9 Å². The van der Waals surface area contributed by atoms with Gasteiger partial charge < -0.3 is 20.5 Å². The molecule has 2 aliphatic heterocycles. The van der Waals surface area contributed by atoms with E-state index in [1.54, 1.807) is 27.4 Å². The third-order valence-corrected chi connectivity index (χ3v) is 7.09. The molecule has 1 aromatic carbocycles. The first-order valence-electron chi connectivity index (χ1n) is 11.5. The fourth-order valence-corrected chi connectivity index (χ4v) is 5.31. The zero-order valence-electron chi connectivity index (χ0n) is 19.3. The van der Waals surface area contributed by atoms with E-state index >= 15 is 0 Å². The van der Waals surface area contributed by atoms with Gasteiger partial charge in [-0.3, -0.25) is 13.9 Å². The first-order valence-corrected chi connectivity index (χ1v) is 11.9.